The molecular weight excluding hydrogens is 635 g/mol. The highest BCUT2D eigenvalue weighted by Crippen LogP contribution is 2.45. The van der Waals surface area contributed by atoms with Gasteiger partial charge in [0.25, 0.3) is 0 Å². The van der Waals surface area contributed by atoms with Gasteiger partial charge in [-0.25, -0.2) is 4.98 Å². The van der Waals surface area contributed by atoms with Gasteiger partial charge in [-0.3, -0.25) is 9.55 Å². The quantitative estimate of drug-likeness (QED) is 0.139. The van der Waals surface area contributed by atoms with Gasteiger partial charge in [0.2, 0.25) is 0 Å². The summed E-state index contributed by atoms with van der Waals surface area (Å²) < 4.78 is 1.68. The van der Waals surface area contributed by atoms with Crippen LogP contribution >= 0.6 is 0 Å². The van der Waals surface area contributed by atoms with Crippen LogP contribution in [0.2, 0.25) is 0 Å². The predicted octanol–water partition coefficient (Wildman–Crippen LogP) is 8.18. The Morgan fingerprint density at radius 1 is 0.519 bits per heavy atom. The zero-order chi connectivity index (χ0) is 35.6. The van der Waals surface area contributed by atoms with Crippen LogP contribution in [0.1, 0.15) is 5.82 Å². The number of hydrogen-bond acceptors (Lipinski definition) is 4. The van der Waals surface area contributed by atoms with Crippen molar-refractivity contribution in [2.24, 2.45) is 0 Å². The van der Waals surface area contributed by atoms with Gasteiger partial charge >= 0.3 is 0 Å². The zero-order valence-corrected chi connectivity index (χ0v) is 28.0. The third-order valence-electron chi connectivity index (χ3n) is 9.96. The lowest BCUT2D eigenvalue weighted by Crippen LogP contribution is -2.54. The Hall–Kier alpha value is -5.95. The van der Waals surface area contributed by atoms with Crippen LogP contribution in [0.25, 0.3) is 82.4 Å². The van der Waals surface area contributed by atoms with Crippen molar-refractivity contribution >= 4 is 66.9 Å². The topological polar surface area (TPSA) is 71.2 Å². The fraction of sp³-hybridized carbons (Fsp3) is 0.0455. The SMILES string of the molecule is [B]C([B])(O)C([B])(O)c1nc2ccccc2n1-c1ccc2cc(-c3c4ccccc4c(-c4cccc(-c5cccnc5)c4)c4ccccc34)ccc2c1. The molecule has 0 saturated carbocycles. The lowest BCUT2D eigenvalue weighted by atomic mass is 9.49. The minimum Gasteiger partial charge on any atom is -0.407 e. The van der Waals surface area contributed by atoms with E-state index in [-0.39, 0.29) is 5.82 Å². The van der Waals surface area contributed by atoms with E-state index < -0.39 is 10.9 Å². The molecule has 9 rings (SSSR count). The molecule has 1 atom stereocenters. The van der Waals surface area contributed by atoms with Crippen LogP contribution in [0.15, 0.2) is 158 Å². The van der Waals surface area contributed by atoms with Crippen LogP contribution < -0.4 is 0 Å². The van der Waals surface area contributed by atoms with E-state index >= 15 is 0 Å². The van der Waals surface area contributed by atoms with Crippen molar-refractivity contribution in [3.05, 3.63) is 164 Å². The molecule has 5 nitrogen and oxygen atoms in total. The second-order valence-corrected chi connectivity index (χ2v) is 13.3. The van der Waals surface area contributed by atoms with Crippen molar-refractivity contribution < 1.29 is 10.2 Å². The van der Waals surface area contributed by atoms with Crippen molar-refractivity contribution in [1.82, 2.24) is 14.5 Å². The Labute approximate surface area is 304 Å². The Morgan fingerprint density at radius 2 is 1.10 bits per heavy atom. The summed E-state index contributed by atoms with van der Waals surface area (Å²) in [5.74, 6) is -0.0822. The van der Waals surface area contributed by atoms with Gasteiger partial charge in [0, 0.05) is 29.0 Å². The van der Waals surface area contributed by atoms with Gasteiger partial charge in [-0.15, -0.1) is 0 Å². The average Bonchev–Trinajstić information content (AvgIpc) is 3.57. The van der Waals surface area contributed by atoms with Crippen molar-refractivity contribution in [1.29, 1.82) is 0 Å². The maximum Gasteiger partial charge on any atom is 0.138 e. The van der Waals surface area contributed by atoms with E-state index in [4.69, 9.17) is 23.5 Å². The predicted molar refractivity (Wildman–Crippen MR) is 214 cm³/mol. The van der Waals surface area contributed by atoms with Crippen molar-refractivity contribution in [2.75, 3.05) is 0 Å². The van der Waals surface area contributed by atoms with E-state index in [1.807, 2.05) is 48.7 Å². The van der Waals surface area contributed by atoms with Gasteiger partial charge in [0.15, 0.2) is 0 Å². The van der Waals surface area contributed by atoms with Gasteiger partial charge in [-0.05, 0) is 103 Å². The lowest BCUT2D eigenvalue weighted by Gasteiger charge is -2.37. The normalized spacial score (nSPS) is 13.2. The molecular formula is C44H28B3N3O2. The summed E-state index contributed by atoms with van der Waals surface area (Å²) in [5, 5.41) is 25.6. The van der Waals surface area contributed by atoms with Crippen molar-refractivity contribution in [3.8, 4) is 39.1 Å². The van der Waals surface area contributed by atoms with Gasteiger partial charge in [-0.1, -0.05) is 103 Å². The minimum absolute atomic E-state index is 0.0822. The molecule has 0 aliphatic rings. The Kier molecular flexibility index (Phi) is 7.44. The number of rotatable bonds is 6. The summed E-state index contributed by atoms with van der Waals surface area (Å²) in [6, 6.07) is 49.7. The van der Waals surface area contributed by atoms with Crippen LogP contribution in [-0.2, 0) is 5.50 Å². The largest absolute Gasteiger partial charge is 0.407 e. The molecule has 7 aromatic carbocycles. The smallest absolute Gasteiger partial charge is 0.138 e. The van der Waals surface area contributed by atoms with Gasteiger partial charge < -0.3 is 10.2 Å². The second-order valence-electron chi connectivity index (χ2n) is 13.3. The summed E-state index contributed by atoms with van der Waals surface area (Å²) in [6.45, 7) is 0. The van der Waals surface area contributed by atoms with E-state index in [0.717, 1.165) is 49.4 Å². The highest BCUT2D eigenvalue weighted by Gasteiger charge is 2.41. The van der Waals surface area contributed by atoms with E-state index in [2.05, 4.69) is 107 Å². The molecule has 9 aromatic rings. The number of aromatic nitrogens is 3. The standard InChI is InChI=1S/C44H28B3N3O2/c45-43(51,44(46,47)52)42-49-38-16-5-6-17-39(38)50(42)33-21-20-28-24-31(19-18-29(28)25-33)41-36-14-3-1-12-34(36)40(35-13-2-4-15-37(35)41)30-10-7-9-27(23-30)32-11-8-22-48-26-32/h1-26,51-52H. The maximum absolute atomic E-state index is 11.2. The second kappa shape index (κ2) is 12.1. The first-order valence-corrected chi connectivity index (χ1v) is 17.0. The van der Waals surface area contributed by atoms with Gasteiger partial charge in [0.05, 0.1) is 16.5 Å². The molecule has 0 saturated heterocycles. The number of imidazole rings is 1. The molecule has 2 N–H and O–H groups in total. The number of aliphatic hydroxyl groups is 2. The molecule has 0 spiro atoms. The fourth-order valence-electron chi connectivity index (χ4n) is 7.39. The molecule has 0 amide bonds. The average molecular weight is 663 g/mol. The fourth-order valence-corrected chi connectivity index (χ4v) is 7.39. The number of para-hydroxylation sites is 2. The Bertz CT molecular complexity index is 2770. The number of hydrogen-bond donors (Lipinski definition) is 2. The summed E-state index contributed by atoms with van der Waals surface area (Å²) >= 11 is 0. The molecule has 240 valence electrons. The first-order chi connectivity index (χ1) is 25.2. The molecule has 52 heavy (non-hydrogen) atoms. The van der Waals surface area contributed by atoms with E-state index in [0.29, 0.717) is 16.7 Å². The van der Waals surface area contributed by atoms with Crippen LogP contribution in [0.5, 0.6) is 0 Å². The van der Waals surface area contributed by atoms with Gasteiger partial charge in [-0.2, -0.15) is 0 Å². The van der Waals surface area contributed by atoms with Crippen molar-refractivity contribution in [3.63, 3.8) is 0 Å². The number of fused-ring (bicyclic) bond motifs is 4. The molecule has 2 heterocycles. The van der Waals surface area contributed by atoms with Crippen LogP contribution in [0.3, 0.4) is 0 Å². The molecule has 1 unspecified atom stereocenters. The third kappa shape index (κ3) is 5.14. The van der Waals surface area contributed by atoms with E-state index in [9.17, 15) is 10.2 Å². The number of nitrogens with zero attached hydrogens (tertiary/aromatic N) is 3. The van der Waals surface area contributed by atoms with E-state index in [1.165, 1.54) is 16.3 Å². The summed E-state index contributed by atoms with van der Waals surface area (Å²) in [4.78, 5) is 8.88. The summed E-state index contributed by atoms with van der Waals surface area (Å²) in [7, 11) is 17.6. The summed E-state index contributed by atoms with van der Waals surface area (Å²) in [6.07, 6.45) is 3.69. The molecule has 0 bridgehead atoms. The van der Waals surface area contributed by atoms with Crippen LogP contribution in [0.4, 0.5) is 0 Å². The first kappa shape index (κ1) is 32.0. The van der Waals surface area contributed by atoms with Gasteiger partial charge in [0.1, 0.15) is 29.4 Å². The Balaban J connectivity index is 1.22. The lowest BCUT2D eigenvalue weighted by molar-refractivity contribution is -0.00426. The minimum atomic E-state index is -2.65. The molecule has 0 aliphatic carbocycles. The van der Waals surface area contributed by atoms with E-state index in [1.54, 1.807) is 16.8 Å². The summed E-state index contributed by atoms with van der Waals surface area (Å²) in [5.41, 5.74) is 6.12. The molecule has 0 aliphatic heterocycles. The maximum atomic E-state index is 11.2. The molecule has 0 fully saturated rings. The van der Waals surface area contributed by atoms with Crippen LogP contribution in [0, 0.1) is 0 Å². The number of benzene rings is 7. The third-order valence-corrected chi connectivity index (χ3v) is 9.96. The molecule has 8 heteroatoms. The molecule has 6 radical (unpaired) electrons. The van der Waals surface area contributed by atoms with Crippen LogP contribution in [-0.4, -0.2) is 53.7 Å². The first-order valence-electron chi connectivity index (χ1n) is 17.0. The highest BCUT2D eigenvalue weighted by molar-refractivity contribution is 6.43. The highest BCUT2D eigenvalue weighted by atomic mass is 16.3. The Morgan fingerprint density at radius 3 is 1.75 bits per heavy atom. The molecule has 2 aromatic heterocycles. The number of pyridine rings is 1. The monoisotopic (exact) mass is 663 g/mol. The van der Waals surface area contributed by atoms with Crippen molar-refractivity contribution in [2.45, 2.75) is 10.9 Å². The zero-order valence-electron chi connectivity index (χ0n) is 28.0.